The number of nitrogens with two attached hydrogens (primary N) is 1. The molecule has 0 aromatic heterocycles. The van der Waals surface area contributed by atoms with E-state index in [-0.39, 0.29) is 42.6 Å². The smallest absolute Gasteiger partial charge is 0.416 e. The Bertz CT molecular complexity index is 751. The molecule has 2 aromatic rings. The van der Waals surface area contributed by atoms with E-state index in [0.717, 1.165) is 11.6 Å². The van der Waals surface area contributed by atoms with Crippen LogP contribution in [0.5, 0.6) is 5.75 Å². The number of halogens is 4. The number of anilines is 1. The highest BCUT2D eigenvalue weighted by Crippen LogP contribution is 2.34. The van der Waals surface area contributed by atoms with Crippen molar-refractivity contribution in [1.82, 2.24) is 5.32 Å². The summed E-state index contributed by atoms with van der Waals surface area (Å²) in [6, 6.07) is 10.8. The summed E-state index contributed by atoms with van der Waals surface area (Å²) in [5.74, 6) is -0.228. The first kappa shape index (κ1) is 21.6. The number of amides is 1. The van der Waals surface area contributed by atoms with E-state index in [4.69, 9.17) is 10.5 Å². The zero-order chi connectivity index (χ0) is 18.4. The van der Waals surface area contributed by atoms with Crippen molar-refractivity contribution >= 4 is 24.0 Å². The Labute approximate surface area is 155 Å². The zero-order valence-electron chi connectivity index (χ0n) is 14.1. The third-order valence-corrected chi connectivity index (χ3v) is 3.77. The molecule has 4 nitrogen and oxygen atoms in total. The molecular weight excluding hydrogens is 369 g/mol. The predicted octanol–water partition coefficient (Wildman–Crippen LogP) is 3.97. The van der Waals surface area contributed by atoms with Crippen molar-refractivity contribution in [2.75, 3.05) is 12.8 Å². The number of hydrogen-bond donors (Lipinski definition) is 2. The van der Waals surface area contributed by atoms with Crippen molar-refractivity contribution in [3.63, 3.8) is 0 Å². The number of carbonyl (C=O) groups is 1. The van der Waals surface area contributed by atoms with E-state index in [1.165, 1.54) is 19.2 Å². The number of ether oxygens (including phenoxy) is 1. The van der Waals surface area contributed by atoms with Gasteiger partial charge in [-0.15, -0.1) is 12.4 Å². The molecule has 2 rings (SSSR count). The van der Waals surface area contributed by atoms with Gasteiger partial charge in [0.1, 0.15) is 5.75 Å². The van der Waals surface area contributed by atoms with Crippen LogP contribution in [0, 0.1) is 0 Å². The minimum atomic E-state index is -4.52. The first-order chi connectivity index (χ1) is 11.8. The predicted molar refractivity (Wildman–Crippen MR) is 96.3 cm³/mol. The fourth-order valence-corrected chi connectivity index (χ4v) is 2.39. The number of hydrogen-bond acceptors (Lipinski definition) is 3. The monoisotopic (exact) mass is 388 g/mol. The van der Waals surface area contributed by atoms with E-state index in [2.05, 4.69) is 5.32 Å². The second-order valence-electron chi connectivity index (χ2n) is 5.50. The molecule has 0 saturated heterocycles. The van der Waals surface area contributed by atoms with Gasteiger partial charge in [0.2, 0.25) is 5.91 Å². The van der Waals surface area contributed by atoms with Crippen LogP contribution < -0.4 is 15.8 Å². The van der Waals surface area contributed by atoms with Crippen molar-refractivity contribution in [2.24, 2.45) is 0 Å². The maximum absolute atomic E-state index is 13.1. The summed E-state index contributed by atoms with van der Waals surface area (Å²) >= 11 is 0. The number of carbonyl (C=O) groups excluding carboxylic acids is 1. The van der Waals surface area contributed by atoms with E-state index in [9.17, 15) is 18.0 Å². The van der Waals surface area contributed by atoms with Gasteiger partial charge in [-0.3, -0.25) is 4.79 Å². The molecule has 0 bridgehead atoms. The molecular formula is C18H20ClF3N2O2. The van der Waals surface area contributed by atoms with Crippen LogP contribution in [0.3, 0.4) is 0 Å². The Morgan fingerprint density at radius 1 is 1.15 bits per heavy atom. The van der Waals surface area contributed by atoms with Gasteiger partial charge in [0.25, 0.3) is 0 Å². The van der Waals surface area contributed by atoms with Gasteiger partial charge in [0, 0.05) is 18.7 Å². The van der Waals surface area contributed by atoms with Gasteiger partial charge in [0.15, 0.2) is 0 Å². The number of benzene rings is 2. The number of nitrogen functional groups attached to an aromatic ring is 1. The summed E-state index contributed by atoms with van der Waals surface area (Å²) in [6.07, 6.45) is -3.95. The van der Waals surface area contributed by atoms with Gasteiger partial charge in [-0.05, 0) is 35.7 Å². The first-order valence-electron chi connectivity index (χ1n) is 7.65. The summed E-state index contributed by atoms with van der Waals surface area (Å²) in [5.41, 5.74) is 6.38. The largest absolute Gasteiger partial charge is 0.497 e. The summed E-state index contributed by atoms with van der Waals surface area (Å²) in [4.78, 5) is 11.9. The van der Waals surface area contributed by atoms with Crippen molar-refractivity contribution in [2.45, 2.75) is 25.6 Å². The average molecular weight is 389 g/mol. The molecule has 0 heterocycles. The van der Waals surface area contributed by atoms with Crippen LogP contribution >= 0.6 is 12.4 Å². The van der Waals surface area contributed by atoms with Gasteiger partial charge < -0.3 is 15.8 Å². The van der Waals surface area contributed by atoms with Crippen molar-refractivity contribution < 1.29 is 22.7 Å². The van der Waals surface area contributed by atoms with Gasteiger partial charge in [-0.1, -0.05) is 24.3 Å². The van der Waals surface area contributed by atoms with Crippen LogP contribution in [0.15, 0.2) is 42.5 Å². The molecule has 0 aliphatic carbocycles. The molecule has 1 amide bonds. The molecule has 0 fully saturated rings. The van der Waals surface area contributed by atoms with Crippen molar-refractivity contribution in [3.8, 4) is 5.75 Å². The first-order valence-corrected chi connectivity index (χ1v) is 7.65. The van der Waals surface area contributed by atoms with Crippen LogP contribution in [0.25, 0.3) is 0 Å². The second-order valence-corrected chi connectivity index (χ2v) is 5.50. The highest BCUT2D eigenvalue weighted by Gasteiger charge is 2.33. The maximum atomic E-state index is 13.1. The molecule has 3 N–H and O–H groups in total. The number of alkyl halides is 3. The molecule has 0 atom stereocenters. The fraction of sp³-hybridized carbons (Fsp3) is 0.278. The molecule has 0 aliphatic rings. The van der Waals surface area contributed by atoms with E-state index in [1.807, 2.05) is 12.1 Å². The molecule has 0 aliphatic heterocycles. The number of aryl methyl sites for hydroxylation is 1. The number of nitrogens with one attached hydrogen (secondary N) is 1. The van der Waals surface area contributed by atoms with Gasteiger partial charge in [-0.2, -0.15) is 13.2 Å². The Hall–Kier alpha value is -2.41. The Morgan fingerprint density at radius 3 is 2.46 bits per heavy atom. The lowest BCUT2D eigenvalue weighted by molar-refractivity contribution is -0.138. The van der Waals surface area contributed by atoms with Crippen LogP contribution in [-0.4, -0.2) is 13.0 Å². The third kappa shape index (κ3) is 5.84. The van der Waals surface area contributed by atoms with Crippen LogP contribution in [0.1, 0.15) is 23.1 Å². The van der Waals surface area contributed by atoms with Gasteiger partial charge >= 0.3 is 6.18 Å². The Morgan fingerprint density at radius 2 is 1.85 bits per heavy atom. The molecule has 2 aromatic carbocycles. The highest BCUT2D eigenvalue weighted by atomic mass is 35.5. The average Bonchev–Trinajstić information content (AvgIpc) is 2.58. The molecule has 26 heavy (non-hydrogen) atoms. The summed E-state index contributed by atoms with van der Waals surface area (Å²) in [7, 11) is 1.30. The molecule has 8 heteroatoms. The lowest BCUT2D eigenvalue weighted by Gasteiger charge is -2.15. The Kier molecular flexibility index (Phi) is 7.76. The molecule has 142 valence electrons. The number of methoxy groups -OCH3 is 1. The van der Waals surface area contributed by atoms with Crippen LogP contribution in [0.2, 0.25) is 0 Å². The minimum absolute atomic E-state index is 0. The van der Waals surface area contributed by atoms with E-state index < -0.39 is 11.7 Å². The standard InChI is InChI=1S/C18H19F3N2O2.ClH/c1-25-14-8-6-13(15(10-14)18(19,20)21)11-23-17(24)9-7-12-4-2-3-5-16(12)22;/h2-6,8,10H,7,9,11,22H2,1H3,(H,23,24);1H. The quantitative estimate of drug-likeness (QED) is 0.736. The topological polar surface area (TPSA) is 64.3 Å². The maximum Gasteiger partial charge on any atom is 0.416 e. The molecule has 0 saturated carbocycles. The summed E-state index contributed by atoms with van der Waals surface area (Å²) < 4.78 is 44.2. The van der Waals surface area contributed by atoms with E-state index in [1.54, 1.807) is 12.1 Å². The molecule has 0 spiro atoms. The summed E-state index contributed by atoms with van der Waals surface area (Å²) in [5, 5.41) is 2.52. The van der Waals surface area contributed by atoms with Crippen LogP contribution in [0.4, 0.5) is 18.9 Å². The lowest BCUT2D eigenvalue weighted by atomic mass is 10.1. The second kappa shape index (κ2) is 9.33. The molecule has 0 radical (unpaired) electrons. The normalized spacial score (nSPS) is 10.8. The van der Waals surface area contributed by atoms with Gasteiger partial charge in [0.05, 0.1) is 12.7 Å². The highest BCUT2D eigenvalue weighted by molar-refractivity contribution is 5.85. The molecule has 0 unspecified atom stereocenters. The van der Waals surface area contributed by atoms with Crippen LogP contribution in [-0.2, 0) is 23.9 Å². The van der Waals surface area contributed by atoms with E-state index in [0.29, 0.717) is 12.1 Å². The number of rotatable bonds is 6. The third-order valence-electron chi connectivity index (χ3n) is 3.77. The Balaban J connectivity index is 0.00000338. The van der Waals surface area contributed by atoms with Crippen molar-refractivity contribution in [1.29, 1.82) is 0 Å². The lowest BCUT2D eigenvalue weighted by Crippen LogP contribution is -2.24. The summed E-state index contributed by atoms with van der Waals surface area (Å²) in [6.45, 7) is -0.206. The SMILES string of the molecule is COc1ccc(CNC(=O)CCc2ccccc2N)c(C(F)(F)F)c1.Cl. The van der Waals surface area contributed by atoms with Crippen molar-refractivity contribution in [3.05, 3.63) is 59.2 Å². The van der Waals surface area contributed by atoms with E-state index >= 15 is 0 Å². The fourth-order valence-electron chi connectivity index (χ4n) is 2.39. The number of para-hydroxylation sites is 1. The van der Waals surface area contributed by atoms with Gasteiger partial charge in [-0.25, -0.2) is 0 Å². The minimum Gasteiger partial charge on any atom is -0.497 e. The zero-order valence-corrected chi connectivity index (χ0v) is 14.9.